The van der Waals surface area contributed by atoms with Crippen LogP contribution in [-0.4, -0.2) is 32.3 Å². The number of benzene rings is 1. The van der Waals surface area contributed by atoms with Crippen LogP contribution >= 0.6 is 7.60 Å². The average molecular weight is 338 g/mol. The van der Waals surface area contributed by atoms with Crippen LogP contribution in [0.15, 0.2) is 28.7 Å². The number of anilines is 1. The molecule has 6 nitrogen and oxygen atoms in total. The maximum Gasteiger partial charge on any atom is 0.385 e. The van der Waals surface area contributed by atoms with Gasteiger partial charge in [0.25, 0.3) is 0 Å². The Balaban J connectivity index is 2.54. The first-order valence-electron chi connectivity index (χ1n) is 7.56. The second-order valence-corrected chi connectivity index (χ2v) is 7.18. The summed E-state index contributed by atoms with van der Waals surface area (Å²) in [5.41, 5.74) is 2.16. The summed E-state index contributed by atoms with van der Waals surface area (Å²) in [5, 5.41) is 0. The van der Waals surface area contributed by atoms with Crippen LogP contribution in [0.25, 0.3) is 11.5 Å². The van der Waals surface area contributed by atoms with Crippen LogP contribution in [-0.2, 0) is 13.6 Å². The lowest BCUT2D eigenvalue weighted by molar-refractivity contribution is 0.229. The molecule has 0 amide bonds. The third-order valence-corrected chi connectivity index (χ3v) is 5.16. The van der Waals surface area contributed by atoms with E-state index in [1.807, 2.05) is 31.2 Å². The summed E-state index contributed by atoms with van der Waals surface area (Å²) >= 11 is 0. The van der Waals surface area contributed by atoms with Crippen LogP contribution in [0.3, 0.4) is 0 Å². The van der Waals surface area contributed by atoms with Crippen LogP contribution < -0.4 is 10.3 Å². The molecule has 0 aliphatic heterocycles. The highest BCUT2D eigenvalue weighted by molar-refractivity contribution is 7.62. The summed E-state index contributed by atoms with van der Waals surface area (Å²) in [6.07, 6.45) is 0. The third-order valence-electron chi connectivity index (χ3n) is 3.15. The highest BCUT2D eigenvalue weighted by atomic mass is 31.2. The molecule has 0 unspecified atom stereocenters. The first-order valence-corrected chi connectivity index (χ1v) is 9.10. The molecule has 1 heterocycles. The number of rotatable bonds is 7. The average Bonchev–Trinajstić information content (AvgIpc) is 2.94. The van der Waals surface area contributed by atoms with E-state index < -0.39 is 7.60 Å². The maximum atomic E-state index is 13.0. The minimum Gasteiger partial charge on any atom is -0.420 e. The van der Waals surface area contributed by atoms with Gasteiger partial charge in [0.2, 0.25) is 17.2 Å². The normalized spacial score (nSPS) is 11.7. The van der Waals surface area contributed by atoms with Crippen LogP contribution in [0.5, 0.6) is 0 Å². The molecule has 0 radical (unpaired) electrons. The lowest BCUT2D eigenvalue weighted by Crippen LogP contribution is -2.20. The lowest BCUT2D eigenvalue weighted by atomic mass is 10.1. The van der Waals surface area contributed by atoms with Crippen molar-refractivity contribution in [3.63, 3.8) is 0 Å². The van der Waals surface area contributed by atoms with E-state index in [0.717, 1.165) is 11.1 Å². The van der Waals surface area contributed by atoms with Crippen molar-refractivity contribution in [2.24, 2.45) is 0 Å². The molecular formula is C16H23N2O4P. The van der Waals surface area contributed by atoms with Gasteiger partial charge in [0.15, 0.2) is 0 Å². The van der Waals surface area contributed by atoms with Gasteiger partial charge in [0.05, 0.1) is 13.2 Å². The summed E-state index contributed by atoms with van der Waals surface area (Å²) < 4.78 is 29.7. The molecule has 0 aliphatic carbocycles. The van der Waals surface area contributed by atoms with E-state index in [4.69, 9.17) is 13.5 Å². The molecule has 1 aromatic carbocycles. The molecule has 0 spiro atoms. The first kappa shape index (κ1) is 17.7. The Morgan fingerprint density at radius 2 is 1.70 bits per heavy atom. The Hall–Kier alpha value is -1.62. The van der Waals surface area contributed by atoms with Gasteiger partial charge in [0, 0.05) is 19.7 Å². The zero-order chi connectivity index (χ0) is 17.0. The monoisotopic (exact) mass is 338 g/mol. The summed E-state index contributed by atoms with van der Waals surface area (Å²) in [6, 6.07) is 7.77. The van der Waals surface area contributed by atoms with E-state index in [9.17, 15) is 4.57 Å². The minimum atomic E-state index is -3.52. The predicted molar refractivity (Wildman–Crippen MR) is 91.5 cm³/mol. The molecule has 0 N–H and O–H groups in total. The molecule has 23 heavy (non-hydrogen) atoms. The third kappa shape index (κ3) is 3.83. The van der Waals surface area contributed by atoms with Crippen molar-refractivity contribution in [1.82, 2.24) is 4.98 Å². The number of hydrogen-bond donors (Lipinski definition) is 0. The van der Waals surface area contributed by atoms with E-state index in [-0.39, 0.29) is 18.6 Å². The van der Waals surface area contributed by atoms with Gasteiger partial charge in [-0.25, -0.2) is 0 Å². The summed E-state index contributed by atoms with van der Waals surface area (Å²) in [7, 11) is 0.0747. The van der Waals surface area contributed by atoms with Crippen LogP contribution in [0.1, 0.15) is 19.4 Å². The van der Waals surface area contributed by atoms with Crippen LogP contribution in [0, 0.1) is 6.92 Å². The van der Waals surface area contributed by atoms with Gasteiger partial charge in [-0.3, -0.25) is 4.57 Å². The highest BCUT2D eigenvalue weighted by Crippen LogP contribution is 2.49. The standard InChI is InChI=1S/C16H23N2O4P/c1-6-20-23(19,21-7-2)15-16(18(4)5)22-14(17-15)13-10-8-12(3)9-11-13/h8-11H,6-7H2,1-5H3. The molecule has 0 saturated carbocycles. The molecular weight excluding hydrogens is 315 g/mol. The van der Waals surface area contributed by atoms with Crippen molar-refractivity contribution < 1.29 is 18.0 Å². The summed E-state index contributed by atoms with van der Waals surface area (Å²) in [4.78, 5) is 6.13. The van der Waals surface area contributed by atoms with E-state index in [1.165, 1.54) is 0 Å². The number of oxazole rings is 1. The van der Waals surface area contributed by atoms with E-state index in [2.05, 4.69) is 4.98 Å². The van der Waals surface area contributed by atoms with Gasteiger partial charge < -0.3 is 18.4 Å². The second-order valence-electron chi connectivity index (χ2n) is 5.24. The molecule has 0 saturated heterocycles. The van der Waals surface area contributed by atoms with Crippen molar-refractivity contribution >= 4 is 18.9 Å². The quantitative estimate of drug-likeness (QED) is 0.719. The lowest BCUT2D eigenvalue weighted by Gasteiger charge is -2.17. The number of aryl methyl sites for hydroxylation is 1. The molecule has 1 aromatic heterocycles. The van der Waals surface area contributed by atoms with Crippen molar-refractivity contribution in [2.45, 2.75) is 20.8 Å². The Morgan fingerprint density at radius 3 is 2.17 bits per heavy atom. The highest BCUT2D eigenvalue weighted by Gasteiger charge is 2.36. The van der Waals surface area contributed by atoms with Gasteiger partial charge in [-0.2, -0.15) is 4.98 Å². The van der Waals surface area contributed by atoms with Crippen molar-refractivity contribution in [3.05, 3.63) is 29.8 Å². The van der Waals surface area contributed by atoms with E-state index in [1.54, 1.807) is 32.8 Å². The smallest absolute Gasteiger partial charge is 0.385 e. The number of nitrogens with zero attached hydrogens (tertiary/aromatic N) is 2. The SMILES string of the molecule is CCOP(=O)(OCC)c1nc(-c2ccc(C)cc2)oc1N(C)C. The fourth-order valence-electron chi connectivity index (χ4n) is 2.09. The Morgan fingerprint density at radius 1 is 1.13 bits per heavy atom. The second kappa shape index (κ2) is 7.30. The molecule has 2 aromatic rings. The van der Waals surface area contributed by atoms with Gasteiger partial charge in [-0.1, -0.05) is 17.7 Å². The molecule has 0 fully saturated rings. The van der Waals surface area contributed by atoms with Gasteiger partial charge >= 0.3 is 7.60 Å². The molecule has 0 atom stereocenters. The Bertz CT molecular complexity index is 685. The topological polar surface area (TPSA) is 64.8 Å². The predicted octanol–water partition coefficient (Wildman–Crippen LogP) is 3.61. The Labute approximate surface area is 137 Å². The Kier molecular flexibility index (Phi) is 5.63. The molecule has 126 valence electrons. The van der Waals surface area contributed by atoms with Crippen molar-refractivity contribution in [2.75, 3.05) is 32.2 Å². The van der Waals surface area contributed by atoms with E-state index >= 15 is 0 Å². The van der Waals surface area contributed by atoms with Crippen LogP contribution in [0.4, 0.5) is 5.88 Å². The molecule has 0 aliphatic rings. The first-order chi connectivity index (χ1) is 10.9. The van der Waals surface area contributed by atoms with Gasteiger partial charge in [-0.15, -0.1) is 0 Å². The van der Waals surface area contributed by atoms with Gasteiger partial charge in [-0.05, 0) is 32.9 Å². The van der Waals surface area contributed by atoms with Crippen molar-refractivity contribution in [1.29, 1.82) is 0 Å². The fraction of sp³-hybridized carbons (Fsp3) is 0.438. The largest absolute Gasteiger partial charge is 0.420 e. The van der Waals surface area contributed by atoms with Crippen molar-refractivity contribution in [3.8, 4) is 11.5 Å². The zero-order valence-corrected chi connectivity index (χ0v) is 15.1. The summed E-state index contributed by atoms with van der Waals surface area (Å²) in [5.74, 6) is 0.772. The minimum absolute atomic E-state index is 0.210. The maximum absolute atomic E-state index is 13.0. The molecule has 0 bridgehead atoms. The summed E-state index contributed by atoms with van der Waals surface area (Å²) in [6.45, 7) is 6.06. The van der Waals surface area contributed by atoms with Gasteiger partial charge in [0.1, 0.15) is 0 Å². The van der Waals surface area contributed by atoms with Crippen LogP contribution in [0.2, 0.25) is 0 Å². The van der Waals surface area contributed by atoms with E-state index in [0.29, 0.717) is 11.8 Å². The number of aromatic nitrogens is 1. The number of hydrogen-bond acceptors (Lipinski definition) is 6. The molecule has 7 heteroatoms. The molecule has 2 rings (SSSR count). The fourth-order valence-corrected chi connectivity index (χ4v) is 3.78. The zero-order valence-electron chi connectivity index (χ0n) is 14.2.